The third-order valence-electron chi connectivity index (χ3n) is 6.00. The molecular weight excluding hydrogens is 485 g/mol. The van der Waals surface area contributed by atoms with Gasteiger partial charge in [0.25, 0.3) is 0 Å². The van der Waals surface area contributed by atoms with Crippen LogP contribution < -0.4 is 9.91 Å². The Labute approximate surface area is 212 Å². The van der Waals surface area contributed by atoms with E-state index in [0.29, 0.717) is 17.0 Å². The molecule has 0 N–H and O–H groups in total. The van der Waals surface area contributed by atoms with Gasteiger partial charge in [0.15, 0.2) is 0 Å². The lowest BCUT2D eigenvalue weighted by atomic mass is 9.91. The molecule has 0 saturated carbocycles. The molecule has 0 fully saturated rings. The summed E-state index contributed by atoms with van der Waals surface area (Å²) in [5, 5.41) is 1.42. The van der Waals surface area contributed by atoms with E-state index in [1.54, 1.807) is 13.0 Å². The zero-order chi connectivity index (χ0) is 26.9. The lowest BCUT2D eigenvalue weighted by molar-refractivity contribution is -0.136. The normalized spacial score (nSPS) is 16.7. The summed E-state index contributed by atoms with van der Waals surface area (Å²) in [5.74, 6) is -2.46. The molecule has 12 heteroatoms. The average molecular weight is 512 g/mol. The van der Waals surface area contributed by atoms with Crippen molar-refractivity contribution in [3.05, 3.63) is 59.8 Å². The SMILES string of the molecule is CCOC(=O)N1C=CC(c2c(-c3ccc(F)cc3)nc3n2N(C(C)=O)CCN3C(C)=O)C(C(=O)OC)=C1. The maximum absolute atomic E-state index is 13.8. The predicted octanol–water partition coefficient (Wildman–Crippen LogP) is 2.67. The monoisotopic (exact) mass is 511 g/mol. The molecule has 1 atom stereocenters. The van der Waals surface area contributed by atoms with Crippen molar-refractivity contribution in [3.63, 3.8) is 0 Å². The van der Waals surface area contributed by atoms with E-state index in [-0.39, 0.29) is 43.0 Å². The van der Waals surface area contributed by atoms with Crippen LogP contribution in [0.4, 0.5) is 15.1 Å². The van der Waals surface area contributed by atoms with Gasteiger partial charge in [0.05, 0.1) is 43.1 Å². The van der Waals surface area contributed by atoms with Crippen LogP contribution in [0.15, 0.2) is 48.3 Å². The topological polar surface area (TPSA) is 114 Å². The van der Waals surface area contributed by atoms with Crippen LogP contribution >= 0.6 is 0 Å². The number of esters is 1. The molecule has 194 valence electrons. The molecule has 2 aliphatic rings. The number of anilines is 1. The standard InChI is InChI=1S/C25H26FN5O6/c1-5-37-25(35)28-11-10-19(20(14-28)23(34)36-4)22-21(17-6-8-18(26)9-7-17)27-24-29(15(2)32)12-13-30(16(3)33)31(22)24/h6-11,14,19H,5,12-13H2,1-4H3. The summed E-state index contributed by atoms with van der Waals surface area (Å²) in [7, 11) is 1.21. The van der Waals surface area contributed by atoms with Crippen LogP contribution in [-0.4, -0.2) is 65.2 Å². The van der Waals surface area contributed by atoms with E-state index in [4.69, 9.17) is 14.5 Å². The molecule has 37 heavy (non-hydrogen) atoms. The lowest BCUT2D eigenvalue weighted by Crippen LogP contribution is -2.52. The first-order valence-corrected chi connectivity index (χ1v) is 11.6. The lowest BCUT2D eigenvalue weighted by Gasteiger charge is -2.36. The number of carbonyl (C=O) groups excluding carboxylic acids is 4. The summed E-state index contributed by atoms with van der Waals surface area (Å²) < 4.78 is 25.3. The second-order valence-electron chi connectivity index (χ2n) is 8.28. The van der Waals surface area contributed by atoms with Gasteiger partial charge in [0, 0.05) is 38.4 Å². The highest BCUT2D eigenvalue weighted by molar-refractivity contribution is 5.95. The molecule has 1 aromatic carbocycles. The molecule has 3 heterocycles. The number of methoxy groups -OCH3 is 1. The second kappa shape index (κ2) is 10.2. The molecule has 4 rings (SSSR count). The molecule has 0 radical (unpaired) electrons. The minimum Gasteiger partial charge on any atom is -0.466 e. The Morgan fingerprint density at radius 2 is 1.78 bits per heavy atom. The van der Waals surface area contributed by atoms with Crippen molar-refractivity contribution in [1.29, 1.82) is 0 Å². The van der Waals surface area contributed by atoms with Crippen LogP contribution in [0.25, 0.3) is 11.3 Å². The van der Waals surface area contributed by atoms with E-state index in [9.17, 15) is 23.6 Å². The smallest absolute Gasteiger partial charge is 0.417 e. The molecule has 2 aromatic rings. The van der Waals surface area contributed by atoms with Crippen LogP contribution in [0.5, 0.6) is 0 Å². The van der Waals surface area contributed by atoms with Crippen LogP contribution in [0.2, 0.25) is 0 Å². The molecule has 11 nitrogen and oxygen atoms in total. The number of allylic oxidation sites excluding steroid dienone is 1. The van der Waals surface area contributed by atoms with Gasteiger partial charge >= 0.3 is 12.1 Å². The van der Waals surface area contributed by atoms with Crippen molar-refractivity contribution >= 4 is 29.8 Å². The summed E-state index contributed by atoms with van der Waals surface area (Å²) in [5.41, 5.74) is 1.24. The predicted molar refractivity (Wildman–Crippen MR) is 130 cm³/mol. The molecule has 2 aliphatic heterocycles. The number of benzene rings is 1. The summed E-state index contributed by atoms with van der Waals surface area (Å²) >= 11 is 0. The van der Waals surface area contributed by atoms with Gasteiger partial charge < -0.3 is 9.47 Å². The number of rotatable bonds is 4. The van der Waals surface area contributed by atoms with Crippen molar-refractivity contribution in [2.24, 2.45) is 0 Å². The number of fused-ring (bicyclic) bond motifs is 1. The van der Waals surface area contributed by atoms with E-state index < -0.39 is 23.8 Å². The number of hydrogen-bond acceptors (Lipinski definition) is 7. The maximum atomic E-state index is 13.8. The minimum absolute atomic E-state index is 0.0626. The summed E-state index contributed by atoms with van der Waals surface area (Å²) in [6.45, 7) is 4.95. The average Bonchev–Trinajstić information content (AvgIpc) is 3.27. The molecule has 0 bridgehead atoms. The van der Waals surface area contributed by atoms with Crippen molar-refractivity contribution < 1.29 is 33.0 Å². The van der Waals surface area contributed by atoms with Crippen LogP contribution in [0.1, 0.15) is 32.4 Å². The first-order chi connectivity index (χ1) is 17.7. The Bertz CT molecular complexity index is 1320. The highest BCUT2D eigenvalue weighted by atomic mass is 19.1. The highest BCUT2D eigenvalue weighted by Crippen LogP contribution is 2.40. The van der Waals surface area contributed by atoms with Crippen LogP contribution in [0.3, 0.4) is 0 Å². The summed E-state index contributed by atoms with van der Waals surface area (Å²) in [6, 6.07) is 5.56. The Morgan fingerprint density at radius 1 is 1.08 bits per heavy atom. The Hall–Kier alpha value is -4.48. The zero-order valence-electron chi connectivity index (χ0n) is 20.8. The molecule has 0 spiro atoms. The van der Waals surface area contributed by atoms with Crippen molar-refractivity contribution in [1.82, 2.24) is 14.6 Å². The van der Waals surface area contributed by atoms with E-state index in [1.165, 1.54) is 72.2 Å². The molecule has 1 aromatic heterocycles. The number of carbonyl (C=O) groups is 4. The Morgan fingerprint density at radius 3 is 2.38 bits per heavy atom. The third-order valence-corrected chi connectivity index (χ3v) is 6.00. The number of ether oxygens (including phenoxy) is 2. The molecule has 0 aliphatic carbocycles. The minimum atomic E-state index is -0.854. The summed E-state index contributed by atoms with van der Waals surface area (Å²) in [4.78, 5) is 57.7. The van der Waals surface area contributed by atoms with E-state index in [2.05, 4.69) is 0 Å². The highest BCUT2D eigenvalue weighted by Gasteiger charge is 2.39. The van der Waals surface area contributed by atoms with Gasteiger partial charge in [-0.2, -0.15) is 0 Å². The van der Waals surface area contributed by atoms with Gasteiger partial charge in [0.1, 0.15) is 5.82 Å². The Kier molecular flexibility index (Phi) is 7.09. The number of aromatic nitrogens is 2. The second-order valence-corrected chi connectivity index (χ2v) is 8.28. The van der Waals surface area contributed by atoms with E-state index >= 15 is 0 Å². The molecular formula is C25H26FN5O6. The molecule has 3 amide bonds. The number of amides is 3. The number of nitrogens with zero attached hydrogens (tertiary/aromatic N) is 5. The maximum Gasteiger partial charge on any atom is 0.417 e. The number of imidazole rings is 1. The number of halogens is 1. The first kappa shape index (κ1) is 25.6. The van der Waals surface area contributed by atoms with Crippen molar-refractivity contribution in [3.8, 4) is 11.3 Å². The molecule has 0 saturated heterocycles. The van der Waals surface area contributed by atoms with Gasteiger partial charge in [-0.3, -0.25) is 19.4 Å². The van der Waals surface area contributed by atoms with E-state index in [1.807, 2.05) is 0 Å². The number of hydrogen-bond donors (Lipinski definition) is 0. The van der Waals surface area contributed by atoms with Gasteiger partial charge in [-0.25, -0.2) is 28.6 Å². The summed E-state index contributed by atoms with van der Waals surface area (Å²) in [6.07, 6.45) is 3.62. The van der Waals surface area contributed by atoms with Crippen molar-refractivity contribution in [2.45, 2.75) is 26.7 Å². The third kappa shape index (κ3) is 4.69. The Balaban J connectivity index is 1.99. The van der Waals surface area contributed by atoms with Crippen LogP contribution in [-0.2, 0) is 23.9 Å². The van der Waals surface area contributed by atoms with Gasteiger partial charge in [0.2, 0.25) is 17.8 Å². The fourth-order valence-corrected chi connectivity index (χ4v) is 4.32. The van der Waals surface area contributed by atoms with Crippen molar-refractivity contribution in [2.75, 3.05) is 36.7 Å². The molecule has 1 unspecified atom stereocenters. The zero-order valence-corrected chi connectivity index (χ0v) is 20.8. The van der Waals surface area contributed by atoms with Gasteiger partial charge in [-0.05, 0) is 31.2 Å². The van der Waals surface area contributed by atoms with Gasteiger partial charge in [-0.1, -0.05) is 6.08 Å². The fourth-order valence-electron chi connectivity index (χ4n) is 4.32. The fraction of sp³-hybridized carbons (Fsp3) is 0.320. The quantitative estimate of drug-likeness (QED) is 0.580. The van der Waals surface area contributed by atoms with E-state index in [0.717, 1.165) is 4.90 Å². The van der Waals surface area contributed by atoms with Gasteiger partial charge in [-0.15, -0.1) is 0 Å². The first-order valence-electron chi connectivity index (χ1n) is 11.6. The largest absolute Gasteiger partial charge is 0.466 e. The van der Waals surface area contributed by atoms with Crippen LogP contribution in [0, 0.1) is 5.82 Å².